The van der Waals surface area contributed by atoms with Crippen molar-refractivity contribution >= 4 is 17.5 Å². The molecule has 1 aromatic carbocycles. The number of benzene rings is 1. The van der Waals surface area contributed by atoms with Crippen LogP contribution in [0.4, 0.5) is 0 Å². The zero-order valence-electron chi connectivity index (χ0n) is 12.3. The molecule has 0 aliphatic heterocycles. The summed E-state index contributed by atoms with van der Waals surface area (Å²) in [5, 5.41) is 3.58. The molecule has 116 valence electrons. The molecule has 1 fully saturated rings. The topological polar surface area (TPSA) is 64.3 Å². The first kappa shape index (κ1) is 16.1. The van der Waals surface area contributed by atoms with Gasteiger partial charge in [0, 0.05) is 6.04 Å². The molecule has 4 nitrogen and oxygen atoms in total. The zero-order chi connectivity index (χ0) is 15.2. The fourth-order valence-corrected chi connectivity index (χ4v) is 2.94. The van der Waals surface area contributed by atoms with Crippen LogP contribution in [0.15, 0.2) is 24.3 Å². The van der Waals surface area contributed by atoms with Crippen LogP contribution in [0.5, 0.6) is 5.75 Å². The van der Waals surface area contributed by atoms with Crippen molar-refractivity contribution in [2.75, 3.05) is 6.54 Å². The summed E-state index contributed by atoms with van der Waals surface area (Å²) in [6.45, 7) is 2.35. The lowest BCUT2D eigenvalue weighted by Gasteiger charge is -2.32. The first-order valence-corrected chi connectivity index (χ1v) is 7.91. The second-order valence-electron chi connectivity index (χ2n) is 5.59. The van der Waals surface area contributed by atoms with E-state index in [9.17, 15) is 4.79 Å². The molecular weight excluding hydrogens is 288 g/mol. The van der Waals surface area contributed by atoms with Crippen molar-refractivity contribution in [3.05, 3.63) is 29.3 Å². The van der Waals surface area contributed by atoms with Crippen molar-refractivity contribution in [1.82, 2.24) is 5.32 Å². The number of ether oxygens (including phenoxy) is 1. The smallest absolute Gasteiger partial charge is 0.261 e. The molecule has 3 N–H and O–H groups in total. The maximum absolute atomic E-state index is 12.3. The van der Waals surface area contributed by atoms with E-state index in [0.29, 0.717) is 23.2 Å². The maximum atomic E-state index is 12.3. The molecule has 0 aromatic heterocycles. The molecule has 2 rings (SSSR count). The highest BCUT2D eigenvalue weighted by Gasteiger charge is 2.27. The molecule has 1 amide bonds. The molecule has 0 bridgehead atoms. The van der Waals surface area contributed by atoms with Gasteiger partial charge in [-0.05, 0) is 44.4 Å². The maximum Gasteiger partial charge on any atom is 0.261 e. The molecule has 0 heterocycles. The predicted octanol–water partition coefficient (Wildman–Crippen LogP) is 2.74. The lowest BCUT2D eigenvalue weighted by Crippen LogP contribution is -2.48. The van der Waals surface area contributed by atoms with Gasteiger partial charge in [-0.1, -0.05) is 36.6 Å². The number of nitrogens with one attached hydrogen (secondary N) is 1. The standard InChI is InChI=1S/C16H23ClN2O2/c1-11(21-15-9-5-3-7-13(15)17)16(20)19-14-8-4-2-6-12(14)10-18/h3,5,7,9,11-12,14H,2,4,6,8,10,18H2,1H3,(H,19,20). The molecule has 0 saturated heterocycles. The van der Waals surface area contributed by atoms with Crippen molar-refractivity contribution < 1.29 is 9.53 Å². The van der Waals surface area contributed by atoms with Gasteiger partial charge in [-0.25, -0.2) is 0 Å². The average Bonchev–Trinajstić information content (AvgIpc) is 2.50. The minimum Gasteiger partial charge on any atom is -0.479 e. The third kappa shape index (κ3) is 4.35. The van der Waals surface area contributed by atoms with Gasteiger partial charge in [0.25, 0.3) is 5.91 Å². The number of hydrogen-bond acceptors (Lipinski definition) is 3. The lowest BCUT2D eigenvalue weighted by molar-refractivity contribution is -0.128. The Hall–Kier alpha value is -1.26. The van der Waals surface area contributed by atoms with Crippen molar-refractivity contribution in [2.45, 2.75) is 44.8 Å². The van der Waals surface area contributed by atoms with E-state index in [4.69, 9.17) is 22.1 Å². The quantitative estimate of drug-likeness (QED) is 0.879. The van der Waals surface area contributed by atoms with E-state index in [2.05, 4.69) is 5.32 Å². The number of carbonyl (C=O) groups is 1. The van der Waals surface area contributed by atoms with E-state index >= 15 is 0 Å². The SMILES string of the molecule is CC(Oc1ccccc1Cl)C(=O)NC1CCCCC1CN. The number of amides is 1. The van der Waals surface area contributed by atoms with Crippen LogP contribution in [0, 0.1) is 5.92 Å². The Morgan fingerprint density at radius 1 is 1.43 bits per heavy atom. The first-order valence-electron chi connectivity index (χ1n) is 7.53. The highest BCUT2D eigenvalue weighted by Crippen LogP contribution is 2.25. The molecule has 3 atom stereocenters. The summed E-state index contributed by atoms with van der Waals surface area (Å²) in [6.07, 6.45) is 3.83. The normalized spacial score (nSPS) is 23.4. The molecule has 3 unspecified atom stereocenters. The van der Waals surface area contributed by atoms with Crippen LogP contribution in [0.25, 0.3) is 0 Å². The largest absolute Gasteiger partial charge is 0.479 e. The monoisotopic (exact) mass is 310 g/mol. The molecule has 1 aromatic rings. The van der Waals surface area contributed by atoms with Gasteiger partial charge in [-0.2, -0.15) is 0 Å². The molecule has 0 spiro atoms. The third-order valence-corrected chi connectivity index (χ3v) is 4.36. The van der Waals surface area contributed by atoms with E-state index in [1.165, 1.54) is 6.42 Å². The van der Waals surface area contributed by atoms with Crippen LogP contribution in [0.2, 0.25) is 5.02 Å². The Balaban J connectivity index is 1.91. The Labute approximate surface area is 131 Å². The molecular formula is C16H23ClN2O2. The van der Waals surface area contributed by atoms with E-state index < -0.39 is 6.10 Å². The van der Waals surface area contributed by atoms with Crippen LogP contribution >= 0.6 is 11.6 Å². The van der Waals surface area contributed by atoms with Gasteiger partial charge in [0.1, 0.15) is 5.75 Å². The van der Waals surface area contributed by atoms with E-state index in [0.717, 1.165) is 19.3 Å². The van der Waals surface area contributed by atoms with Gasteiger partial charge < -0.3 is 15.8 Å². The lowest BCUT2D eigenvalue weighted by atomic mass is 9.84. The third-order valence-electron chi connectivity index (χ3n) is 4.05. The van der Waals surface area contributed by atoms with Crippen molar-refractivity contribution in [1.29, 1.82) is 0 Å². The molecule has 5 heteroatoms. The number of para-hydroxylation sites is 1. The summed E-state index contributed by atoms with van der Waals surface area (Å²) in [5.41, 5.74) is 5.79. The van der Waals surface area contributed by atoms with Gasteiger partial charge in [0.2, 0.25) is 0 Å². The van der Waals surface area contributed by atoms with Gasteiger partial charge in [-0.15, -0.1) is 0 Å². The fraction of sp³-hybridized carbons (Fsp3) is 0.562. The van der Waals surface area contributed by atoms with Gasteiger partial charge in [0.05, 0.1) is 5.02 Å². The van der Waals surface area contributed by atoms with Crippen LogP contribution in [-0.4, -0.2) is 24.6 Å². The van der Waals surface area contributed by atoms with Crippen LogP contribution in [0.1, 0.15) is 32.6 Å². The Kier molecular flexibility index (Phi) is 5.88. The molecule has 21 heavy (non-hydrogen) atoms. The van der Waals surface area contributed by atoms with Crippen LogP contribution < -0.4 is 15.8 Å². The van der Waals surface area contributed by atoms with E-state index in [1.54, 1.807) is 19.1 Å². The fourth-order valence-electron chi connectivity index (χ4n) is 2.76. The highest BCUT2D eigenvalue weighted by molar-refractivity contribution is 6.32. The van der Waals surface area contributed by atoms with Gasteiger partial charge in [0.15, 0.2) is 6.10 Å². The average molecular weight is 311 g/mol. The molecule has 0 radical (unpaired) electrons. The number of hydrogen-bond donors (Lipinski definition) is 2. The van der Waals surface area contributed by atoms with Gasteiger partial charge in [-0.3, -0.25) is 4.79 Å². The Morgan fingerprint density at radius 3 is 2.86 bits per heavy atom. The van der Waals surface area contributed by atoms with Gasteiger partial charge >= 0.3 is 0 Å². The first-order chi connectivity index (χ1) is 10.1. The number of nitrogens with two attached hydrogens (primary N) is 1. The van der Waals surface area contributed by atoms with Crippen LogP contribution in [-0.2, 0) is 4.79 Å². The number of carbonyl (C=O) groups excluding carboxylic acids is 1. The Bertz CT molecular complexity index is 481. The second kappa shape index (κ2) is 7.66. The highest BCUT2D eigenvalue weighted by atomic mass is 35.5. The molecule has 1 aliphatic rings. The molecule has 1 saturated carbocycles. The zero-order valence-corrected chi connectivity index (χ0v) is 13.1. The van der Waals surface area contributed by atoms with Crippen molar-refractivity contribution in [3.63, 3.8) is 0 Å². The number of halogens is 1. The minimum atomic E-state index is -0.578. The minimum absolute atomic E-state index is 0.111. The van der Waals surface area contributed by atoms with E-state index in [1.807, 2.05) is 12.1 Å². The van der Waals surface area contributed by atoms with Crippen LogP contribution in [0.3, 0.4) is 0 Å². The number of rotatable bonds is 5. The summed E-state index contributed by atoms with van der Waals surface area (Å²) in [4.78, 5) is 12.3. The summed E-state index contributed by atoms with van der Waals surface area (Å²) < 4.78 is 5.64. The summed E-state index contributed by atoms with van der Waals surface area (Å²) >= 11 is 6.04. The summed E-state index contributed by atoms with van der Waals surface area (Å²) in [6, 6.07) is 7.32. The summed E-state index contributed by atoms with van der Waals surface area (Å²) in [5.74, 6) is 0.788. The summed E-state index contributed by atoms with van der Waals surface area (Å²) in [7, 11) is 0. The molecule has 1 aliphatic carbocycles. The predicted molar refractivity (Wildman–Crippen MR) is 84.5 cm³/mol. The van der Waals surface area contributed by atoms with E-state index in [-0.39, 0.29) is 11.9 Å². The Morgan fingerprint density at radius 2 is 2.14 bits per heavy atom. The van der Waals surface area contributed by atoms with Crippen molar-refractivity contribution in [3.8, 4) is 5.75 Å². The second-order valence-corrected chi connectivity index (χ2v) is 5.99. The van der Waals surface area contributed by atoms with Crippen molar-refractivity contribution in [2.24, 2.45) is 11.7 Å².